The summed E-state index contributed by atoms with van der Waals surface area (Å²) in [6, 6.07) is 12.5. The second-order valence-corrected chi connectivity index (χ2v) is 4.00. The monoisotopic (exact) mass is 253 g/mol. The van der Waals surface area contributed by atoms with E-state index in [1.807, 2.05) is 18.2 Å². The summed E-state index contributed by atoms with van der Waals surface area (Å²) in [6.45, 7) is 0. The molecule has 2 aromatic heterocycles. The lowest BCUT2D eigenvalue weighted by Gasteiger charge is -1.96. The van der Waals surface area contributed by atoms with Crippen LogP contribution in [-0.2, 0) is 0 Å². The lowest BCUT2D eigenvalue weighted by atomic mass is 10.1. The molecule has 3 aromatic rings. The average molecular weight is 253 g/mol. The number of carbonyl (C=O) groups is 1. The van der Waals surface area contributed by atoms with Gasteiger partial charge in [-0.25, -0.2) is 9.50 Å². The first-order valence-corrected chi connectivity index (χ1v) is 5.78. The zero-order chi connectivity index (χ0) is 13.2. The highest BCUT2D eigenvalue weighted by Gasteiger charge is 2.13. The van der Waals surface area contributed by atoms with Gasteiger partial charge in [0.05, 0.1) is 13.3 Å². The average Bonchev–Trinajstić information content (AvgIpc) is 2.90. The summed E-state index contributed by atoms with van der Waals surface area (Å²) in [6.07, 6.45) is 1.60. The maximum Gasteiger partial charge on any atom is 0.231 e. The van der Waals surface area contributed by atoms with E-state index in [2.05, 4.69) is 10.1 Å². The molecule has 0 saturated heterocycles. The molecule has 5 heteroatoms. The van der Waals surface area contributed by atoms with Crippen LogP contribution in [0.3, 0.4) is 0 Å². The highest BCUT2D eigenvalue weighted by molar-refractivity contribution is 6.07. The predicted octanol–water partition coefficient (Wildman–Crippen LogP) is 1.97. The van der Waals surface area contributed by atoms with E-state index in [0.29, 0.717) is 22.8 Å². The summed E-state index contributed by atoms with van der Waals surface area (Å²) in [5.41, 5.74) is 1.59. The lowest BCUT2D eigenvalue weighted by Crippen LogP contribution is -2.00. The molecule has 0 radical (unpaired) electrons. The van der Waals surface area contributed by atoms with Crippen LogP contribution in [0.4, 0.5) is 0 Å². The largest absolute Gasteiger partial charge is 0.480 e. The van der Waals surface area contributed by atoms with E-state index in [1.165, 1.54) is 4.52 Å². The zero-order valence-electron chi connectivity index (χ0n) is 10.3. The standard InChI is InChI=1S/C14H11N3O2/c1-19-13-8-7-12-15-11(9-17(12)16-13)14(18)10-5-3-2-4-6-10/h2-9H,1H3. The number of rotatable bonds is 3. The van der Waals surface area contributed by atoms with Crippen molar-refractivity contribution in [2.24, 2.45) is 0 Å². The predicted molar refractivity (Wildman–Crippen MR) is 69.4 cm³/mol. The van der Waals surface area contributed by atoms with E-state index in [4.69, 9.17) is 4.74 Å². The first kappa shape index (κ1) is 11.4. The van der Waals surface area contributed by atoms with Crippen LogP contribution >= 0.6 is 0 Å². The molecular weight excluding hydrogens is 242 g/mol. The third-order valence-electron chi connectivity index (χ3n) is 2.77. The third-order valence-corrected chi connectivity index (χ3v) is 2.77. The molecule has 0 saturated carbocycles. The summed E-state index contributed by atoms with van der Waals surface area (Å²) in [7, 11) is 1.54. The molecule has 0 amide bonds. The van der Waals surface area contributed by atoms with E-state index in [1.54, 1.807) is 37.6 Å². The van der Waals surface area contributed by atoms with Crippen LogP contribution < -0.4 is 4.74 Å². The van der Waals surface area contributed by atoms with Crippen molar-refractivity contribution in [1.29, 1.82) is 0 Å². The van der Waals surface area contributed by atoms with Gasteiger partial charge < -0.3 is 4.74 Å². The smallest absolute Gasteiger partial charge is 0.231 e. The van der Waals surface area contributed by atoms with Crippen LogP contribution in [0, 0.1) is 0 Å². The van der Waals surface area contributed by atoms with Crippen molar-refractivity contribution in [3.05, 3.63) is 59.9 Å². The SMILES string of the molecule is COc1ccc2nc(C(=O)c3ccccc3)cn2n1. The molecule has 0 spiro atoms. The zero-order valence-corrected chi connectivity index (χ0v) is 10.3. The summed E-state index contributed by atoms with van der Waals surface area (Å²) in [5.74, 6) is 0.355. The Morgan fingerprint density at radius 1 is 1.16 bits per heavy atom. The molecule has 0 bridgehead atoms. The Bertz CT molecular complexity index is 735. The number of nitrogens with zero attached hydrogens (tertiary/aromatic N) is 3. The molecule has 19 heavy (non-hydrogen) atoms. The summed E-state index contributed by atoms with van der Waals surface area (Å²) >= 11 is 0. The van der Waals surface area contributed by atoms with Gasteiger partial charge in [0.2, 0.25) is 11.7 Å². The second kappa shape index (κ2) is 4.53. The van der Waals surface area contributed by atoms with Crippen molar-refractivity contribution in [2.75, 3.05) is 7.11 Å². The number of aromatic nitrogens is 3. The van der Waals surface area contributed by atoms with Gasteiger partial charge in [0.25, 0.3) is 0 Å². The minimum absolute atomic E-state index is 0.120. The first-order valence-electron chi connectivity index (χ1n) is 5.78. The van der Waals surface area contributed by atoms with Gasteiger partial charge in [0.1, 0.15) is 5.69 Å². The van der Waals surface area contributed by atoms with E-state index in [-0.39, 0.29) is 5.78 Å². The van der Waals surface area contributed by atoms with Crippen molar-refractivity contribution in [1.82, 2.24) is 14.6 Å². The topological polar surface area (TPSA) is 56.5 Å². The Labute approximate surface area is 109 Å². The third kappa shape index (κ3) is 2.06. The normalized spacial score (nSPS) is 10.6. The number of hydrogen-bond acceptors (Lipinski definition) is 4. The van der Waals surface area contributed by atoms with E-state index in [0.717, 1.165) is 0 Å². The number of benzene rings is 1. The van der Waals surface area contributed by atoms with Crippen molar-refractivity contribution < 1.29 is 9.53 Å². The highest BCUT2D eigenvalue weighted by Crippen LogP contribution is 2.12. The van der Waals surface area contributed by atoms with E-state index >= 15 is 0 Å². The molecule has 1 aromatic carbocycles. The van der Waals surface area contributed by atoms with Gasteiger partial charge >= 0.3 is 0 Å². The number of hydrogen-bond donors (Lipinski definition) is 0. The van der Waals surface area contributed by atoms with Crippen molar-refractivity contribution in [3.63, 3.8) is 0 Å². The van der Waals surface area contributed by atoms with Crippen LogP contribution in [0.2, 0.25) is 0 Å². The number of ether oxygens (including phenoxy) is 1. The fourth-order valence-electron chi connectivity index (χ4n) is 1.82. The maximum atomic E-state index is 12.2. The van der Waals surface area contributed by atoms with Gasteiger partial charge in [0, 0.05) is 11.6 Å². The van der Waals surface area contributed by atoms with E-state index in [9.17, 15) is 4.79 Å². The van der Waals surface area contributed by atoms with Gasteiger partial charge in [-0.3, -0.25) is 4.79 Å². The minimum Gasteiger partial charge on any atom is -0.480 e. The summed E-state index contributed by atoms with van der Waals surface area (Å²) < 4.78 is 6.57. The molecule has 0 aliphatic carbocycles. The van der Waals surface area contributed by atoms with Crippen LogP contribution in [-0.4, -0.2) is 27.5 Å². The van der Waals surface area contributed by atoms with Gasteiger partial charge in [0.15, 0.2) is 5.65 Å². The second-order valence-electron chi connectivity index (χ2n) is 4.00. The molecule has 0 aliphatic heterocycles. The molecule has 0 fully saturated rings. The fraction of sp³-hybridized carbons (Fsp3) is 0.0714. The van der Waals surface area contributed by atoms with Crippen molar-refractivity contribution in [3.8, 4) is 5.88 Å². The molecule has 0 unspecified atom stereocenters. The highest BCUT2D eigenvalue weighted by atomic mass is 16.5. The van der Waals surface area contributed by atoms with Crippen LogP contribution in [0.1, 0.15) is 16.1 Å². The van der Waals surface area contributed by atoms with Crippen LogP contribution in [0.15, 0.2) is 48.7 Å². The van der Waals surface area contributed by atoms with Gasteiger partial charge in [-0.2, -0.15) is 0 Å². The number of carbonyl (C=O) groups excluding carboxylic acids is 1. The Hall–Kier alpha value is -2.69. The Kier molecular flexibility index (Phi) is 2.72. The van der Waals surface area contributed by atoms with Crippen molar-refractivity contribution >= 4 is 11.4 Å². The number of fused-ring (bicyclic) bond motifs is 1. The molecule has 3 rings (SSSR count). The Morgan fingerprint density at radius 2 is 1.95 bits per heavy atom. The fourth-order valence-corrected chi connectivity index (χ4v) is 1.82. The first-order chi connectivity index (χ1) is 9.28. The summed E-state index contributed by atoms with van der Waals surface area (Å²) in [4.78, 5) is 16.5. The maximum absolute atomic E-state index is 12.2. The van der Waals surface area contributed by atoms with Crippen molar-refractivity contribution in [2.45, 2.75) is 0 Å². The van der Waals surface area contributed by atoms with Gasteiger partial charge in [-0.15, -0.1) is 5.10 Å². The van der Waals surface area contributed by atoms with E-state index < -0.39 is 0 Å². The molecule has 94 valence electrons. The molecule has 0 atom stereocenters. The minimum atomic E-state index is -0.120. The Morgan fingerprint density at radius 3 is 2.68 bits per heavy atom. The van der Waals surface area contributed by atoms with Crippen LogP contribution in [0.5, 0.6) is 5.88 Å². The molecule has 0 N–H and O–H groups in total. The summed E-state index contributed by atoms with van der Waals surface area (Å²) in [5, 5.41) is 4.17. The number of methoxy groups -OCH3 is 1. The molecule has 0 aliphatic rings. The molecule has 2 heterocycles. The molecular formula is C14H11N3O2. The lowest BCUT2D eigenvalue weighted by molar-refractivity contribution is 0.103. The Balaban J connectivity index is 2.04. The quantitative estimate of drug-likeness (QED) is 0.670. The number of imidazole rings is 1. The molecule has 5 nitrogen and oxygen atoms in total. The van der Waals surface area contributed by atoms with Gasteiger partial charge in [-0.1, -0.05) is 30.3 Å². The van der Waals surface area contributed by atoms with Gasteiger partial charge in [-0.05, 0) is 6.07 Å². The number of ketones is 1. The van der Waals surface area contributed by atoms with Crippen LogP contribution in [0.25, 0.3) is 5.65 Å².